The average Bonchev–Trinajstić information content (AvgIpc) is 3.35. The van der Waals surface area contributed by atoms with Crippen LogP contribution >= 0.6 is 0 Å². The normalized spacial score (nSPS) is 11.6. The summed E-state index contributed by atoms with van der Waals surface area (Å²) in [6, 6.07) is 11.5. The minimum Gasteiger partial charge on any atom is -0.496 e. The molecule has 4 rings (SSSR count). The summed E-state index contributed by atoms with van der Waals surface area (Å²) in [7, 11) is 3.50. The third-order valence-electron chi connectivity index (χ3n) is 5.87. The fourth-order valence-corrected chi connectivity index (χ4v) is 4.07. The highest BCUT2D eigenvalue weighted by Gasteiger charge is 2.18. The summed E-state index contributed by atoms with van der Waals surface area (Å²) in [6.07, 6.45) is 0.519. The van der Waals surface area contributed by atoms with Gasteiger partial charge in [-0.3, -0.25) is 20.3 Å². The number of anilines is 1. The molecule has 3 heterocycles. The van der Waals surface area contributed by atoms with Crippen molar-refractivity contribution in [1.82, 2.24) is 20.2 Å². The van der Waals surface area contributed by atoms with Gasteiger partial charge in [-0.05, 0) is 54.7 Å². The van der Waals surface area contributed by atoms with Crippen molar-refractivity contribution >= 4 is 22.8 Å². The topological polar surface area (TPSA) is 94.2 Å². The number of hydrogen-bond acceptors (Lipinski definition) is 6. The number of nitrogens with one attached hydrogen (secondary N) is 2. The van der Waals surface area contributed by atoms with Gasteiger partial charge >= 0.3 is 5.91 Å². The number of benzene rings is 1. The van der Waals surface area contributed by atoms with Gasteiger partial charge in [0.1, 0.15) is 17.3 Å². The summed E-state index contributed by atoms with van der Waals surface area (Å²) in [6.45, 7) is 10.5. The highest BCUT2D eigenvalue weighted by atomic mass is 16.5. The lowest BCUT2D eigenvalue weighted by atomic mass is 9.85. The van der Waals surface area contributed by atoms with Gasteiger partial charge in [0, 0.05) is 24.4 Å². The van der Waals surface area contributed by atoms with Gasteiger partial charge in [-0.25, -0.2) is 4.98 Å². The van der Waals surface area contributed by atoms with Crippen molar-refractivity contribution in [3.05, 3.63) is 70.3 Å². The van der Waals surface area contributed by atoms with Crippen molar-refractivity contribution in [2.24, 2.45) is 7.05 Å². The zero-order chi connectivity index (χ0) is 24.6. The van der Waals surface area contributed by atoms with Crippen molar-refractivity contribution in [2.45, 2.75) is 46.5 Å². The summed E-state index contributed by atoms with van der Waals surface area (Å²) < 4.78 is 13.1. The van der Waals surface area contributed by atoms with Crippen LogP contribution in [0.3, 0.4) is 0 Å². The Bertz CT molecular complexity index is 1360. The van der Waals surface area contributed by atoms with Crippen LogP contribution < -0.4 is 15.6 Å². The van der Waals surface area contributed by atoms with Crippen LogP contribution in [0, 0.1) is 13.8 Å². The van der Waals surface area contributed by atoms with E-state index < -0.39 is 0 Å². The number of carbonyl (C=O) groups is 1. The second-order valence-corrected chi connectivity index (χ2v) is 9.53. The summed E-state index contributed by atoms with van der Waals surface area (Å²) in [5.74, 6) is 1.82. The Hall–Kier alpha value is -3.81. The number of methoxy groups -OCH3 is 1. The lowest BCUT2D eigenvalue weighted by Gasteiger charge is -2.21. The number of hydrazine groups is 1. The smallest absolute Gasteiger partial charge is 0.305 e. The van der Waals surface area contributed by atoms with Crippen LogP contribution in [0.1, 0.15) is 59.5 Å². The Morgan fingerprint density at radius 3 is 2.62 bits per heavy atom. The molecular weight excluding hydrogens is 430 g/mol. The number of ether oxygens (including phenoxy) is 1. The predicted molar refractivity (Wildman–Crippen MR) is 132 cm³/mol. The monoisotopic (exact) mass is 461 g/mol. The SMILES string of the molecule is COc1ccc(C(C)(C)C)cc1Cc1ccc(C(=O)NNc2cc(C)c3c(C)nn(C)c3n2)o1. The molecule has 3 aromatic heterocycles. The summed E-state index contributed by atoms with van der Waals surface area (Å²) >= 11 is 0. The molecule has 178 valence electrons. The number of hydrogen-bond donors (Lipinski definition) is 2. The van der Waals surface area contributed by atoms with Crippen molar-refractivity contribution in [3.63, 3.8) is 0 Å². The Morgan fingerprint density at radius 1 is 1.15 bits per heavy atom. The van der Waals surface area contributed by atoms with E-state index >= 15 is 0 Å². The Kier molecular flexibility index (Phi) is 6.08. The highest BCUT2D eigenvalue weighted by Crippen LogP contribution is 2.30. The maximum absolute atomic E-state index is 12.7. The van der Waals surface area contributed by atoms with Crippen LogP contribution in [0.2, 0.25) is 0 Å². The molecule has 34 heavy (non-hydrogen) atoms. The van der Waals surface area contributed by atoms with E-state index in [4.69, 9.17) is 9.15 Å². The summed E-state index contributed by atoms with van der Waals surface area (Å²) in [5, 5.41) is 5.43. The van der Waals surface area contributed by atoms with Crippen LogP contribution in [0.25, 0.3) is 11.0 Å². The van der Waals surface area contributed by atoms with Crippen molar-refractivity contribution in [1.29, 1.82) is 0 Å². The van der Waals surface area contributed by atoms with Crippen LogP contribution in [0.5, 0.6) is 5.75 Å². The number of fused-ring (bicyclic) bond motifs is 1. The van der Waals surface area contributed by atoms with Gasteiger partial charge in [-0.1, -0.05) is 32.9 Å². The van der Waals surface area contributed by atoms with Gasteiger partial charge in [0.15, 0.2) is 11.4 Å². The molecule has 8 heteroatoms. The zero-order valence-electron chi connectivity index (χ0n) is 20.7. The van der Waals surface area contributed by atoms with Gasteiger partial charge in [0.2, 0.25) is 0 Å². The molecule has 0 saturated heterocycles. The van der Waals surface area contributed by atoms with E-state index in [2.05, 4.69) is 53.8 Å². The molecule has 0 aliphatic rings. The minimum atomic E-state index is -0.387. The van der Waals surface area contributed by atoms with Crippen LogP contribution in [0.15, 0.2) is 40.8 Å². The van der Waals surface area contributed by atoms with Crippen LogP contribution in [-0.4, -0.2) is 27.8 Å². The number of rotatable bonds is 6. The van der Waals surface area contributed by atoms with E-state index in [-0.39, 0.29) is 17.1 Å². The van der Waals surface area contributed by atoms with Crippen molar-refractivity contribution in [2.75, 3.05) is 12.5 Å². The molecule has 0 spiro atoms. The molecule has 0 radical (unpaired) electrons. The van der Waals surface area contributed by atoms with Crippen molar-refractivity contribution in [3.8, 4) is 5.75 Å². The van der Waals surface area contributed by atoms with E-state index in [0.717, 1.165) is 33.6 Å². The molecule has 0 fully saturated rings. The molecule has 0 aliphatic carbocycles. The van der Waals surface area contributed by atoms with E-state index in [9.17, 15) is 4.79 Å². The first kappa shape index (κ1) is 23.4. The van der Waals surface area contributed by atoms with E-state index in [1.54, 1.807) is 17.9 Å². The highest BCUT2D eigenvalue weighted by molar-refractivity contribution is 5.92. The molecule has 0 aliphatic heterocycles. The number of aromatic nitrogens is 3. The van der Waals surface area contributed by atoms with Gasteiger partial charge in [0.05, 0.1) is 12.8 Å². The van der Waals surface area contributed by atoms with Crippen molar-refractivity contribution < 1.29 is 13.9 Å². The Balaban J connectivity index is 1.47. The third kappa shape index (κ3) is 4.62. The molecule has 0 bridgehead atoms. The molecule has 8 nitrogen and oxygen atoms in total. The number of pyridine rings is 1. The number of carbonyl (C=O) groups excluding carboxylic acids is 1. The quantitative estimate of drug-likeness (QED) is 0.399. The lowest BCUT2D eigenvalue weighted by molar-refractivity contribution is 0.0933. The molecule has 2 N–H and O–H groups in total. The fourth-order valence-electron chi connectivity index (χ4n) is 4.07. The third-order valence-corrected chi connectivity index (χ3v) is 5.87. The number of amides is 1. The fraction of sp³-hybridized carbons (Fsp3) is 0.346. The average molecular weight is 462 g/mol. The molecule has 1 aromatic carbocycles. The first-order chi connectivity index (χ1) is 16.1. The second-order valence-electron chi connectivity index (χ2n) is 9.53. The van der Waals surface area contributed by atoms with Gasteiger partial charge in [-0.15, -0.1) is 0 Å². The van der Waals surface area contributed by atoms with E-state index in [1.165, 1.54) is 5.56 Å². The van der Waals surface area contributed by atoms with Gasteiger partial charge in [-0.2, -0.15) is 5.10 Å². The lowest BCUT2D eigenvalue weighted by Crippen LogP contribution is -2.29. The second kappa shape index (κ2) is 8.85. The number of nitrogens with zero attached hydrogens (tertiary/aromatic N) is 3. The van der Waals surface area contributed by atoms with E-state index in [0.29, 0.717) is 18.0 Å². The largest absolute Gasteiger partial charge is 0.496 e. The maximum atomic E-state index is 12.7. The summed E-state index contributed by atoms with van der Waals surface area (Å²) in [4.78, 5) is 17.2. The molecular formula is C26H31N5O3. The number of furan rings is 1. The standard InChI is InChI=1S/C26H31N5O3/c1-15-12-22(27-24-23(15)16(2)30-31(24)6)28-29-25(32)21-11-9-19(34-21)14-17-13-18(26(3,4)5)8-10-20(17)33-7/h8-13H,14H2,1-7H3,(H,27,28)(H,29,32). The molecule has 0 saturated carbocycles. The first-order valence-electron chi connectivity index (χ1n) is 11.2. The number of aryl methyl sites for hydroxylation is 3. The van der Waals surface area contributed by atoms with E-state index in [1.807, 2.05) is 39.1 Å². The molecule has 4 aromatic rings. The minimum absolute atomic E-state index is 0.0183. The van der Waals surface area contributed by atoms with Crippen LogP contribution in [-0.2, 0) is 18.9 Å². The Labute approximate surface area is 199 Å². The van der Waals surface area contributed by atoms with Gasteiger partial charge < -0.3 is 9.15 Å². The predicted octanol–water partition coefficient (Wildman–Crippen LogP) is 4.83. The molecule has 1 amide bonds. The van der Waals surface area contributed by atoms with Crippen LogP contribution in [0.4, 0.5) is 5.82 Å². The van der Waals surface area contributed by atoms with Gasteiger partial charge in [0.25, 0.3) is 0 Å². The maximum Gasteiger partial charge on any atom is 0.305 e. The molecule has 0 unspecified atom stereocenters. The molecule has 0 atom stereocenters. The first-order valence-corrected chi connectivity index (χ1v) is 11.2. The Morgan fingerprint density at radius 2 is 1.91 bits per heavy atom. The zero-order valence-corrected chi connectivity index (χ0v) is 20.7. The summed E-state index contributed by atoms with van der Waals surface area (Å²) in [5.41, 5.74) is 10.5.